The molecule has 3 aliphatic rings. The number of rotatable bonds is 12. The number of nitrogens with zero attached hydrogens (tertiary/aromatic N) is 1. The van der Waals surface area contributed by atoms with E-state index in [1.54, 1.807) is 6.07 Å². The SMILES string of the molecule is C[C@H]1C(S[C@@H]2CN[C@H](CSc3ccc(C(=O)NCCN)cc3S(N)(=O)=O)C2)=C(OC(=O)O)N2C(=O)[C@@H](CCO)[C@@H]12. The monoisotopic (exact) mass is 615 g/mol. The topological polar surface area (TPSA) is 214 Å². The molecular weight excluding hydrogens is 582 g/mol. The molecule has 1 aromatic rings. The molecule has 0 unspecified atom stereocenters. The lowest BCUT2D eigenvalue weighted by atomic mass is 9.80. The highest BCUT2D eigenvalue weighted by Crippen LogP contribution is 2.52. The number of carbonyl (C=O) groups excluding carboxylic acids is 2. The highest BCUT2D eigenvalue weighted by molar-refractivity contribution is 8.03. The third-order valence-corrected chi connectivity index (χ3v) is 10.9. The number of β-lactam (4-membered cyclic amide) rings is 1. The van der Waals surface area contributed by atoms with Crippen LogP contribution in [0.2, 0.25) is 0 Å². The molecule has 2 fully saturated rings. The van der Waals surface area contributed by atoms with Gasteiger partial charge in [0.15, 0.2) is 0 Å². The summed E-state index contributed by atoms with van der Waals surface area (Å²) >= 11 is 2.79. The summed E-state index contributed by atoms with van der Waals surface area (Å²) in [6.07, 6.45) is -0.476. The number of fused-ring (bicyclic) bond motifs is 1. The molecule has 0 radical (unpaired) electrons. The highest BCUT2D eigenvalue weighted by atomic mass is 32.2. The largest absolute Gasteiger partial charge is 0.512 e. The zero-order valence-electron chi connectivity index (χ0n) is 21.7. The van der Waals surface area contributed by atoms with Crippen molar-refractivity contribution in [3.05, 3.63) is 34.6 Å². The van der Waals surface area contributed by atoms with E-state index in [0.29, 0.717) is 34.9 Å². The van der Waals surface area contributed by atoms with Crippen molar-refractivity contribution in [2.45, 2.75) is 46.9 Å². The predicted octanol–water partition coefficient (Wildman–Crippen LogP) is 0.301. The Morgan fingerprint density at radius 1 is 1.32 bits per heavy atom. The Labute approximate surface area is 240 Å². The van der Waals surface area contributed by atoms with Crippen molar-refractivity contribution in [2.24, 2.45) is 22.7 Å². The molecule has 2 saturated heterocycles. The fourth-order valence-electron chi connectivity index (χ4n) is 5.27. The van der Waals surface area contributed by atoms with Gasteiger partial charge in [0.2, 0.25) is 21.8 Å². The van der Waals surface area contributed by atoms with Crippen molar-refractivity contribution in [3.63, 3.8) is 0 Å². The average Bonchev–Trinajstić information content (AvgIpc) is 3.44. The summed E-state index contributed by atoms with van der Waals surface area (Å²) in [4.78, 5) is 38.7. The van der Waals surface area contributed by atoms with Gasteiger partial charge in [0.25, 0.3) is 5.91 Å². The van der Waals surface area contributed by atoms with Crippen LogP contribution in [0.3, 0.4) is 0 Å². The smallest absolute Gasteiger partial charge is 0.449 e. The van der Waals surface area contributed by atoms with E-state index >= 15 is 0 Å². The van der Waals surface area contributed by atoms with E-state index < -0.39 is 22.1 Å². The molecule has 40 heavy (non-hydrogen) atoms. The second-order valence-electron chi connectivity index (χ2n) is 9.79. The number of ether oxygens (including phenoxy) is 1. The van der Waals surface area contributed by atoms with E-state index in [1.165, 1.54) is 40.6 Å². The zero-order chi connectivity index (χ0) is 29.2. The molecule has 13 nitrogen and oxygen atoms in total. The van der Waals surface area contributed by atoms with Gasteiger partial charge in [-0.15, -0.1) is 23.5 Å². The summed E-state index contributed by atoms with van der Waals surface area (Å²) in [5, 5.41) is 30.1. The number of nitrogens with two attached hydrogens (primary N) is 2. The molecule has 0 bridgehead atoms. The van der Waals surface area contributed by atoms with Gasteiger partial charge in [0.1, 0.15) is 0 Å². The average molecular weight is 616 g/mol. The van der Waals surface area contributed by atoms with Gasteiger partial charge in [-0.3, -0.25) is 14.5 Å². The van der Waals surface area contributed by atoms with Gasteiger partial charge in [0, 0.05) is 59.7 Å². The van der Waals surface area contributed by atoms with E-state index in [-0.39, 0.29) is 71.1 Å². The van der Waals surface area contributed by atoms with E-state index in [4.69, 9.17) is 15.6 Å². The van der Waals surface area contributed by atoms with Crippen molar-refractivity contribution in [2.75, 3.05) is 32.0 Å². The molecule has 0 aromatic heterocycles. The maximum absolute atomic E-state index is 12.6. The summed E-state index contributed by atoms with van der Waals surface area (Å²) in [5.41, 5.74) is 5.57. The first-order valence-corrected chi connectivity index (χ1v) is 16.1. The van der Waals surface area contributed by atoms with Crippen LogP contribution in [0.15, 0.2) is 38.8 Å². The number of carboxylic acid groups (broad SMARTS) is 1. The van der Waals surface area contributed by atoms with Crippen LogP contribution in [0.4, 0.5) is 4.79 Å². The minimum Gasteiger partial charge on any atom is -0.449 e. The van der Waals surface area contributed by atoms with Gasteiger partial charge in [-0.1, -0.05) is 6.92 Å². The first-order valence-electron chi connectivity index (χ1n) is 12.7. The second-order valence-corrected chi connectivity index (χ2v) is 13.7. The molecule has 1 aromatic carbocycles. The predicted molar refractivity (Wildman–Crippen MR) is 149 cm³/mol. The highest BCUT2D eigenvalue weighted by Gasteiger charge is 2.58. The van der Waals surface area contributed by atoms with Crippen molar-refractivity contribution in [1.82, 2.24) is 15.5 Å². The summed E-state index contributed by atoms with van der Waals surface area (Å²) in [6, 6.07) is 4.14. The van der Waals surface area contributed by atoms with Crippen LogP contribution in [0.5, 0.6) is 0 Å². The van der Waals surface area contributed by atoms with Crippen molar-refractivity contribution in [3.8, 4) is 0 Å². The van der Waals surface area contributed by atoms with Crippen LogP contribution in [0.1, 0.15) is 30.1 Å². The molecular formula is C24H33N5O8S3. The van der Waals surface area contributed by atoms with Crippen molar-refractivity contribution in [1.29, 1.82) is 0 Å². The lowest BCUT2D eigenvalue weighted by Gasteiger charge is -2.44. The Morgan fingerprint density at radius 3 is 2.73 bits per heavy atom. The van der Waals surface area contributed by atoms with Gasteiger partial charge >= 0.3 is 6.16 Å². The quantitative estimate of drug-likeness (QED) is 0.106. The molecule has 16 heteroatoms. The maximum atomic E-state index is 12.6. The Balaban J connectivity index is 1.41. The molecule has 220 valence electrons. The molecule has 5 atom stereocenters. The number of thioether (sulfide) groups is 2. The molecule has 3 aliphatic heterocycles. The number of sulfonamides is 1. The van der Waals surface area contributed by atoms with Crippen molar-refractivity contribution >= 4 is 51.5 Å². The maximum Gasteiger partial charge on any atom is 0.512 e. The van der Waals surface area contributed by atoms with Gasteiger partial charge < -0.3 is 31.3 Å². The molecule has 2 amide bonds. The molecule has 3 heterocycles. The number of hydrogen-bond donors (Lipinski definition) is 6. The number of primary sulfonamides is 1. The van der Waals surface area contributed by atoms with Crippen LogP contribution in [-0.4, -0.2) is 90.8 Å². The Hall–Kier alpha value is -2.34. The van der Waals surface area contributed by atoms with Crippen LogP contribution < -0.4 is 21.5 Å². The Kier molecular flexibility index (Phi) is 9.70. The third kappa shape index (κ3) is 6.42. The molecule has 0 spiro atoms. The lowest BCUT2D eigenvalue weighted by molar-refractivity contribution is -0.156. The third-order valence-electron chi connectivity index (χ3n) is 7.10. The normalized spacial score (nSPS) is 26.1. The number of amides is 2. The number of aliphatic hydroxyl groups excluding tert-OH is 1. The van der Waals surface area contributed by atoms with Crippen LogP contribution in [-0.2, 0) is 19.6 Å². The minimum atomic E-state index is -4.09. The minimum absolute atomic E-state index is 0.0188. The van der Waals surface area contributed by atoms with Gasteiger partial charge in [-0.25, -0.2) is 18.4 Å². The van der Waals surface area contributed by atoms with E-state index in [1.807, 2.05) is 6.92 Å². The lowest BCUT2D eigenvalue weighted by Crippen LogP contribution is -2.60. The van der Waals surface area contributed by atoms with Gasteiger partial charge in [-0.2, -0.15) is 0 Å². The van der Waals surface area contributed by atoms with E-state index in [2.05, 4.69) is 10.6 Å². The van der Waals surface area contributed by atoms with Gasteiger partial charge in [0.05, 0.1) is 21.8 Å². The van der Waals surface area contributed by atoms with Crippen LogP contribution in [0, 0.1) is 11.8 Å². The first-order chi connectivity index (χ1) is 19.0. The number of aliphatic hydroxyl groups is 1. The summed E-state index contributed by atoms with van der Waals surface area (Å²) < 4.78 is 29.6. The molecule has 8 N–H and O–H groups in total. The number of hydrogen-bond acceptors (Lipinski definition) is 11. The fourth-order valence-corrected chi connectivity index (χ4v) is 8.89. The fraction of sp³-hybridized carbons (Fsp3) is 0.542. The summed E-state index contributed by atoms with van der Waals surface area (Å²) in [7, 11) is -4.09. The standard InChI is InChI=1S/C24H33N5O8S3/c1-12-19-16(4-7-30)22(32)29(19)23(37-24(33)34)20(12)39-15-9-14(28-10-15)11-38-17-3-2-13(21(31)27-6-5-25)8-18(17)40(26,35)36/h2-3,8,12,14-16,19,28,30H,4-7,9-11,25H2,1H3,(H,27,31)(H,33,34)(H2,26,35,36)/t12-,14+,15+,16+,19-/m1/s1. The molecule has 0 aliphatic carbocycles. The van der Waals surface area contributed by atoms with Crippen molar-refractivity contribution < 1.29 is 37.8 Å². The molecule has 0 saturated carbocycles. The van der Waals surface area contributed by atoms with E-state index in [9.17, 15) is 33.0 Å². The second kappa shape index (κ2) is 12.7. The molecule has 4 rings (SSSR count). The number of nitrogens with one attached hydrogen (secondary N) is 2. The zero-order valence-corrected chi connectivity index (χ0v) is 24.2. The van der Waals surface area contributed by atoms with E-state index in [0.717, 1.165) is 0 Å². The number of carbonyl (C=O) groups is 3. The summed E-state index contributed by atoms with van der Waals surface area (Å²) in [5.74, 6) is -0.620. The van der Waals surface area contributed by atoms with Crippen LogP contribution in [0.25, 0.3) is 0 Å². The van der Waals surface area contributed by atoms with Gasteiger partial charge in [-0.05, 0) is 31.0 Å². The number of benzene rings is 1. The van der Waals surface area contributed by atoms with Crippen LogP contribution >= 0.6 is 23.5 Å². The first kappa shape index (κ1) is 30.6. The Bertz CT molecular complexity index is 1310. The Morgan fingerprint density at radius 2 is 2.08 bits per heavy atom. The summed E-state index contributed by atoms with van der Waals surface area (Å²) in [6.45, 7) is 2.92.